The molecule has 8 aromatic rings. The molecule has 314 valence electrons. The minimum Gasteiger partial charge on any atom is -0.496 e. The van der Waals surface area contributed by atoms with E-state index in [9.17, 15) is 26.4 Å². The molecule has 0 radical (unpaired) electrons. The predicted octanol–water partition coefficient (Wildman–Crippen LogP) is 9.71. The van der Waals surface area contributed by atoms with E-state index in [1.807, 2.05) is 30.3 Å². The van der Waals surface area contributed by atoms with E-state index >= 15 is 0 Å². The number of methoxy groups -OCH3 is 1. The highest BCUT2D eigenvalue weighted by atomic mass is 32.2. The number of sulfonamides is 2. The van der Waals surface area contributed by atoms with Crippen LogP contribution in [0, 0.1) is 30.6 Å². The Morgan fingerprint density at radius 2 is 1.09 bits per heavy atom. The number of carbonyl (C=O) groups excluding carboxylic acids is 2. The minimum atomic E-state index is -4.03. The maximum Gasteiger partial charge on any atom is 0.346 e. The molecule has 8 rings (SSSR count). The van der Waals surface area contributed by atoms with Crippen molar-refractivity contribution in [2.24, 2.45) is 0 Å². The van der Waals surface area contributed by atoms with Gasteiger partial charge < -0.3 is 9.47 Å². The molecule has 2 N–H and O–H groups in total. The number of para-hydroxylation sites is 2. The molecule has 0 fully saturated rings. The highest BCUT2D eigenvalue weighted by Gasteiger charge is 2.21. The normalized spacial score (nSPS) is 11.1. The molecule has 0 unspecified atom stereocenters. The van der Waals surface area contributed by atoms with Crippen molar-refractivity contribution < 1.29 is 35.9 Å². The van der Waals surface area contributed by atoms with Crippen LogP contribution in [-0.4, -0.2) is 35.9 Å². The number of hydrogen-bond acceptors (Lipinski definition) is 8. The number of anilines is 2. The summed E-state index contributed by atoms with van der Waals surface area (Å²) < 4.78 is 69.9. The molecule has 0 amide bonds. The van der Waals surface area contributed by atoms with Crippen molar-refractivity contribution >= 4 is 64.9 Å². The highest BCUT2D eigenvalue weighted by molar-refractivity contribution is 7.93. The Bertz CT molecular complexity index is 3510. The third-order valence-electron chi connectivity index (χ3n) is 10.2. The van der Waals surface area contributed by atoms with Gasteiger partial charge in [-0.05, 0) is 114 Å². The second kappa shape index (κ2) is 18.1. The molecule has 0 saturated heterocycles. The van der Waals surface area contributed by atoms with Crippen molar-refractivity contribution in [1.82, 2.24) is 0 Å². The average Bonchev–Trinajstić information content (AvgIpc) is 3.30. The quantitative estimate of drug-likeness (QED) is 0.0829. The average molecular weight is 881 g/mol. The molecule has 0 heterocycles. The lowest BCUT2D eigenvalue weighted by molar-refractivity contribution is 0.0397. The van der Waals surface area contributed by atoms with Crippen molar-refractivity contribution in [3.63, 3.8) is 0 Å². The van der Waals surface area contributed by atoms with Crippen LogP contribution in [0.4, 0.5) is 11.4 Å². The van der Waals surface area contributed by atoms with Gasteiger partial charge in [-0.25, -0.2) is 26.4 Å². The number of rotatable bonds is 9. The van der Waals surface area contributed by atoms with Crippen LogP contribution in [0.2, 0.25) is 0 Å². The van der Waals surface area contributed by atoms with Gasteiger partial charge in [0.05, 0.1) is 39.4 Å². The molecule has 0 aliphatic heterocycles. The van der Waals surface area contributed by atoms with Gasteiger partial charge in [0.25, 0.3) is 20.0 Å². The van der Waals surface area contributed by atoms with Gasteiger partial charge in [0.15, 0.2) is 0 Å². The van der Waals surface area contributed by atoms with Crippen molar-refractivity contribution in [1.29, 1.82) is 0 Å². The summed E-state index contributed by atoms with van der Waals surface area (Å²) in [4.78, 5) is 26.4. The molecule has 12 heteroatoms. The van der Waals surface area contributed by atoms with Crippen molar-refractivity contribution in [3.8, 4) is 29.4 Å². The number of nitrogens with one attached hydrogen (secondary N) is 2. The van der Waals surface area contributed by atoms with Gasteiger partial charge >= 0.3 is 11.9 Å². The largest absolute Gasteiger partial charge is 0.496 e. The van der Waals surface area contributed by atoms with Gasteiger partial charge in [0.1, 0.15) is 5.75 Å². The second-order valence-corrected chi connectivity index (χ2v) is 17.7. The zero-order valence-electron chi connectivity index (χ0n) is 34.2. The zero-order valence-corrected chi connectivity index (χ0v) is 35.9. The molecule has 64 heavy (non-hydrogen) atoms. The number of esters is 2. The predicted molar refractivity (Wildman–Crippen MR) is 248 cm³/mol. The van der Waals surface area contributed by atoms with E-state index in [2.05, 4.69) is 33.1 Å². The van der Waals surface area contributed by atoms with Gasteiger partial charge in [-0.15, -0.1) is 0 Å². The SMILES string of the molecule is COc1ccc(S(=O)(=O)Nc2ccccc2C#Cc2ccc(C(=O)OC(=O)c3ccc(C#Cc4ccccc4NS(=O)(=O)c4ccc5ccccc5c4)cc3C)cc2)c2ccccc12. The molecule has 8 aromatic carbocycles. The van der Waals surface area contributed by atoms with Crippen LogP contribution in [0.25, 0.3) is 21.5 Å². The molecular weight excluding hydrogens is 845 g/mol. The number of hydrogen-bond donors (Lipinski definition) is 2. The summed E-state index contributed by atoms with van der Waals surface area (Å²) in [6.45, 7) is 1.69. The van der Waals surface area contributed by atoms with Crippen LogP contribution < -0.4 is 14.2 Å². The monoisotopic (exact) mass is 880 g/mol. The van der Waals surface area contributed by atoms with Gasteiger partial charge in [-0.2, -0.15) is 0 Å². The van der Waals surface area contributed by atoms with Crippen LogP contribution in [0.15, 0.2) is 180 Å². The summed E-state index contributed by atoms with van der Waals surface area (Å²) in [6, 6.07) is 47.1. The van der Waals surface area contributed by atoms with E-state index in [-0.39, 0.29) is 26.6 Å². The maximum atomic E-state index is 13.6. The van der Waals surface area contributed by atoms with Crippen LogP contribution in [0.5, 0.6) is 5.75 Å². The Labute approximate surface area is 370 Å². The molecule has 0 bridgehead atoms. The minimum absolute atomic E-state index is 0.0895. The van der Waals surface area contributed by atoms with E-state index in [4.69, 9.17) is 9.47 Å². The molecule has 10 nitrogen and oxygen atoms in total. The zero-order chi connectivity index (χ0) is 44.8. The van der Waals surface area contributed by atoms with Gasteiger partial charge in [-0.1, -0.05) is 103 Å². The second-order valence-electron chi connectivity index (χ2n) is 14.4. The molecule has 0 aliphatic carbocycles. The third-order valence-corrected chi connectivity index (χ3v) is 12.9. The van der Waals surface area contributed by atoms with E-state index in [1.165, 1.54) is 31.4 Å². The first kappa shape index (κ1) is 42.5. The van der Waals surface area contributed by atoms with Gasteiger partial charge in [-0.3, -0.25) is 9.44 Å². The summed E-state index contributed by atoms with van der Waals surface area (Å²) in [6.07, 6.45) is 0. The summed E-state index contributed by atoms with van der Waals surface area (Å²) >= 11 is 0. The first-order chi connectivity index (χ1) is 30.9. The third kappa shape index (κ3) is 9.34. The number of ether oxygens (including phenoxy) is 2. The van der Waals surface area contributed by atoms with E-state index in [0.29, 0.717) is 50.0 Å². The standard InChI is InChI=1S/C52H36N2O8S2/c1-35-33-37(22-25-40-13-5-9-17-47(40)53-63(57,58)43-29-28-38-11-3-4-14-42(38)34-43)23-30-44(35)52(56)62-51(55)41-26-20-36(21-27-41)19-24-39-12-6-10-18-48(39)54-64(59,60)50-32-31-49(61-2)45-15-7-8-16-46(45)50/h3-18,20-21,23,26-34,53-54H,1-2H3. The Kier molecular flexibility index (Phi) is 12.0. The Morgan fingerprint density at radius 3 is 1.77 bits per heavy atom. The van der Waals surface area contributed by atoms with Crippen LogP contribution in [0.1, 0.15) is 48.5 Å². The van der Waals surface area contributed by atoms with E-state index in [0.717, 1.165) is 10.8 Å². The fourth-order valence-corrected chi connectivity index (χ4v) is 9.30. The summed E-state index contributed by atoms with van der Waals surface area (Å²) in [5.41, 5.74) is 3.35. The van der Waals surface area contributed by atoms with Crippen molar-refractivity contribution in [2.75, 3.05) is 16.6 Å². The summed E-state index contributed by atoms with van der Waals surface area (Å²) in [5.74, 6) is 10.9. The lowest BCUT2D eigenvalue weighted by atomic mass is 10.0. The fourth-order valence-electron chi connectivity index (χ4n) is 6.89. The van der Waals surface area contributed by atoms with Crippen LogP contribution in [0.3, 0.4) is 0 Å². The fraction of sp³-hybridized carbons (Fsp3) is 0.0385. The lowest BCUT2D eigenvalue weighted by Crippen LogP contribution is -2.14. The number of fused-ring (bicyclic) bond motifs is 2. The molecule has 0 saturated carbocycles. The van der Waals surface area contributed by atoms with Crippen molar-refractivity contribution in [2.45, 2.75) is 16.7 Å². The van der Waals surface area contributed by atoms with Crippen LogP contribution >= 0.6 is 0 Å². The van der Waals surface area contributed by atoms with E-state index < -0.39 is 32.0 Å². The van der Waals surface area contributed by atoms with Crippen molar-refractivity contribution in [3.05, 3.63) is 209 Å². The molecular formula is C52H36N2O8S2. The molecule has 0 atom stereocenters. The molecule has 0 aromatic heterocycles. The number of benzene rings is 8. The smallest absolute Gasteiger partial charge is 0.346 e. The summed E-state index contributed by atoms with van der Waals surface area (Å²) in [7, 11) is -6.42. The molecule has 0 aliphatic rings. The Morgan fingerprint density at radius 1 is 0.516 bits per heavy atom. The van der Waals surface area contributed by atoms with Crippen LogP contribution in [-0.2, 0) is 24.8 Å². The highest BCUT2D eigenvalue weighted by Crippen LogP contribution is 2.32. The van der Waals surface area contributed by atoms with Gasteiger partial charge in [0.2, 0.25) is 0 Å². The Hall–Kier alpha value is -8.16. The lowest BCUT2D eigenvalue weighted by Gasteiger charge is -2.13. The molecule has 0 spiro atoms. The first-order valence-corrected chi connectivity index (χ1v) is 22.6. The maximum absolute atomic E-state index is 13.6. The topological polar surface area (TPSA) is 145 Å². The number of carbonyl (C=O) groups is 2. The Balaban J connectivity index is 0.914. The van der Waals surface area contributed by atoms with Gasteiger partial charge in [0, 0.05) is 33.0 Å². The first-order valence-electron chi connectivity index (χ1n) is 19.7. The van der Waals surface area contributed by atoms with E-state index in [1.54, 1.807) is 122 Å². The summed E-state index contributed by atoms with van der Waals surface area (Å²) in [5, 5.41) is 2.90. The number of aryl methyl sites for hydroxylation is 1.